The molecule has 2 aromatic rings. The Balaban J connectivity index is 1.60. The molecule has 2 aromatic carbocycles. The van der Waals surface area contributed by atoms with Crippen LogP contribution in [0.25, 0.3) is 0 Å². The minimum atomic E-state index is -3.79. The molecule has 0 bridgehead atoms. The van der Waals surface area contributed by atoms with Crippen molar-refractivity contribution in [3.63, 3.8) is 0 Å². The third-order valence-electron chi connectivity index (χ3n) is 5.76. The highest BCUT2D eigenvalue weighted by atomic mass is 32.2. The van der Waals surface area contributed by atoms with E-state index in [0.717, 1.165) is 30.0 Å². The summed E-state index contributed by atoms with van der Waals surface area (Å²) in [5.74, 6) is -1.99. The summed E-state index contributed by atoms with van der Waals surface area (Å²) >= 11 is 0. The molecule has 7 nitrogen and oxygen atoms in total. The molecule has 3 rings (SSSR count). The lowest BCUT2D eigenvalue weighted by Crippen LogP contribution is -2.45. The number of piperidine rings is 1. The van der Waals surface area contributed by atoms with Crippen molar-refractivity contribution in [3.05, 3.63) is 58.9 Å². The summed E-state index contributed by atoms with van der Waals surface area (Å²) in [6.45, 7) is 5.86. The van der Waals surface area contributed by atoms with Crippen LogP contribution in [0, 0.1) is 26.6 Å². The molecule has 1 heterocycles. The summed E-state index contributed by atoms with van der Waals surface area (Å²) in [6.07, 6.45) is 2.65. The first-order valence-electron chi connectivity index (χ1n) is 11.0. The van der Waals surface area contributed by atoms with E-state index in [0.29, 0.717) is 25.1 Å². The topological polar surface area (TPSA) is 95.6 Å². The van der Waals surface area contributed by atoms with Gasteiger partial charge in [0.15, 0.2) is 0 Å². The van der Waals surface area contributed by atoms with Gasteiger partial charge in [0.05, 0.1) is 4.90 Å². The number of nitrogens with one attached hydrogen (secondary N) is 2. The van der Waals surface area contributed by atoms with E-state index < -0.39 is 27.7 Å². The van der Waals surface area contributed by atoms with Gasteiger partial charge in [-0.1, -0.05) is 12.5 Å². The number of benzene rings is 2. The van der Waals surface area contributed by atoms with Gasteiger partial charge in [-0.05, 0) is 87.1 Å². The first-order valence-corrected chi connectivity index (χ1v) is 12.5. The van der Waals surface area contributed by atoms with Crippen LogP contribution in [0.4, 0.5) is 10.1 Å². The van der Waals surface area contributed by atoms with Gasteiger partial charge in [-0.2, -0.15) is 4.31 Å². The van der Waals surface area contributed by atoms with Crippen molar-refractivity contribution in [2.45, 2.75) is 57.4 Å². The SMILES string of the molecule is Cc1cc(C)cc(NC(=O)C(=O)NCC[C@@H]2CCCCN2S(=O)(=O)c2ccc(F)c(C)c2)c1. The van der Waals surface area contributed by atoms with Crippen molar-refractivity contribution in [1.29, 1.82) is 0 Å². The zero-order valence-electron chi connectivity index (χ0n) is 19.2. The Labute approximate surface area is 194 Å². The molecule has 1 fully saturated rings. The highest BCUT2D eigenvalue weighted by molar-refractivity contribution is 7.89. The lowest BCUT2D eigenvalue weighted by Gasteiger charge is -2.34. The van der Waals surface area contributed by atoms with Crippen LogP contribution in [0.15, 0.2) is 41.3 Å². The molecule has 1 aliphatic heterocycles. The smallest absolute Gasteiger partial charge is 0.313 e. The Morgan fingerprint density at radius 1 is 1.03 bits per heavy atom. The number of anilines is 1. The number of halogens is 1. The maximum absolute atomic E-state index is 13.6. The molecule has 0 radical (unpaired) electrons. The van der Waals surface area contributed by atoms with Gasteiger partial charge in [-0.15, -0.1) is 0 Å². The largest absolute Gasteiger partial charge is 0.348 e. The van der Waals surface area contributed by atoms with Gasteiger partial charge >= 0.3 is 11.8 Å². The number of carbonyl (C=O) groups excluding carboxylic acids is 2. The van der Waals surface area contributed by atoms with Crippen LogP contribution in [0.3, 0.4) is 0 Å². The third-order valence-corrected chi connectivity index (χ3v) is 7.71. The number of rotatable bonds is 6. The molecule has 0 aromatic heterocycles. The highest BCUT2D eigenvalue weighted by Crippen LogP contribution is 2.27. The Bertz CT molecular complexity index is 1130. The van der Waals surface area contributed by atoms with Crippen molar-refractivity contribution in [3.8, 4) is 0 Å². The van der Waals surface area contributed by atoms with Crippen LogP contribution >= 0.6 is 0 Å². The van der Waals surface area contributed by atoms with Gasteiger partial charge in [0.25, 0.3) is 0 Å². The van der Waals surface area contributed by atoms with Crippen molar-refractivity contribution >= 4 is 27.5 Å². The number of carbonyl (C=O) groups is 2. The number of amides is 2. The molecule has 2 amide bonds. The van der Waals surface area contributed by atoms with E-state index in [1.165, 1.54) is 23.4 Å². The van der Waals surface area contributed by atoms with Crippen molar-refractivity contribution in [2.75, 3.05) is 18.4 Å². The third kappa shape index (κ3) is 6.17. The monoisotopic (exact) mass is 475 g/mol. The average molecular weight is 476 g/mol. The van der Waals surface area contributed by atoms with Crippen molar-refractivity contribution < 1.29 is 22.4 Å². The molecule has 0 spiro atoms. The van der Waals surface area contributed by atoms with E-state index in [1.807, 2.05) is 19.9 Å². The van der Waals surface area contributed by atoms with Gasteiger partial charge < -0.3 is 10.6 Å². The van der Waals surface area contributed by atoms with Crippen LogP contribution in [0.5, 0.6) is 0 Å². The van der Waals surface area contributed by atoms with Crippen LogP contribution in [0.2, 0.25) is 0 Å². The normalized spacial score (nSPS) is 16.9. The zero-order chi connectivity index (χ0) is 24.2. The maximum atomic E-state index is 13.6. The fraction of sp³-hybridized carbons (Fsp3) is 0.417. The zero-order valence-corrected chi connectivity index (χ0v) is 20.0. The number of sulfonamides is 1. The molecule has 1 atom stereocenters. The number of hydrogen-bond acceptors (Lipinski definition) is 4. The number of aryl methyl sites for hydroxylation is 3. The van der Waals surface area contributed by atoms with Gasteiger partial charge in [0, 0.05) is 24.8 Å². The Morgan fingerprint density at radius 2 is 1.73 bits per heavy atom. The molecule has 0 aliphatic carbocycles. The van der Waals surface area contributed by atoms with Crippen molar-refractivity contribution in [1.82, 2.24) is 9.62 Å². The Kier molecular flexibility index (Phi) is 7.86. The molecule has 33 heavy (non-hydrogen) atoms. The minimum absolute atomic E-state index is 0.0603. The summed E-state index contributed by atoms with van der Waals surface area (Å²) in [6, 6.07) is 9.00. The molecule has 178 valence electrons. The predicted octanol–water partition coefficient (Wildman–Crippen LogP) is 3.44. The number of nitrogens with zero attached hydrogens (tertiary/aromatic N) is 1. The van der Waals surface area contributed by atoms with Gasteiger partial charge in [-0.3, -0.25) is 9.59 Å². The molecule has 0 unspecified atom stereocenters. The summed E-state index contributed by atoms with van der Waals surface area (Å²) in [7, 11) is -3.79. The predicted molar refractivity (Wildman–Crippen MR) is 125 cm³/mol. The summed E-state index contributed by atoms with van der Waals surface area (Å²) < 4.78 is 41.4. The molecule has 2 N–H and O–H groups in total. The van der Waals surface area contributed by atoms with Crippen LogP contribution in [-0.4, -0.2) is 43.7 Å². The van der Waals surface area contributed by atoms with E-state index in [-0.39, 0.29) is 23.0 Å². The van der Waals surface area contributed by atoms with E-state index in [1.54, 1.807) is 12.1 Å². The second-order valence-corrected chi connectivity index (χ2v) is 10.4. The molecule has 9 heteroatoms. The lowest BCUT2D eigenvalue weighted by atomic mass is 10.0. The summed E-state index contributed by atoms with van der Waals surface area (Å²) in [5, 5.41) is 5.17. The highest BCUT2D eigenvalue weighted by Gasteiger charge is 2.33. The van der Waals surface area contributed by atoms with Gasteiger partial charge in [0.1, 0.15) is 5.82 Å². The van der Waals surface area contributed by atoms with E-state index in [2.05, 4.69) is 10.6 Å². The van der Waals surface area contributed by atoms with Crippen LogP contribution < -0.4 is 10.6 Å². The first-order chi connectivity index (χ1) is 15.6. The Morgan fingerprint density at radius 3 is 2.39 bits per heavy atom. The number of hydrogen-bond donors (Lipinski definition) is 2. The van der Waals surface area contributed by atoms with E-state index in [9.17, 15) is 22.4 Å². The molecular weight excluding hydrogens is 445 g/mol. The van der Waals surface area contributed by atoms with E-state index in [4.69, 9.17) is 0 Å². The minimum Gasteiger partial charge on any atom is -0.348 e. The fourth-order valence-corrected chi connectivity index (χ4v) is 5.97. The summed E-state index contributed by atoms with van der Waals surface area (Å²) in [4.78, 5) is 24.5. The van der Waals surface area contributed by atoms with E-state index >= 15 is 0 Å². The molecule has 1 saturated heterocycles. The summed E-state index contributed by atoms with van der Waals surface area (Å²) in [5.41, 5.74) is 2.76. The molecular formula is C24H30FN3O4S. The van der Waals surface area contributed by atoms with Gasteiger partial charge in [0.2, 0.25) is 10.0 Å². The Hall–Kier alpha value is -2.78. The van der Waals surface area contributed by atoms with Crippen LogP contribution in [0.1, 0.15) is 42.4 Å². The van der Waals surface area contributed by atoms with Gasteiger partial charge in [-0.25, -0.2) is 12.8 Å². The van der Waals surface area contributed by atoms with Crippen LogP contribution in [-0.2, 0) is 19.6 Å². The molecule has 1 aliphatic rings. The molecule has 0 saturated carbocycles. The second kappa shape index (κ2) is 10.4. The standard InChI is InChI=1S/C24H30FN3O4S/c1-16-12-17(2)14-19(13-16)27-24(30)23(29)26-10-9-20-6-4-5-11-28(20)33(31,32)21-7-8-22(25)18(3)15-21/h7-8,12-15,20H,4-6,9-11H2,1-3H3,(H,26,29)(H,27,30)/t20-/m0/s1. The van der Waals surface area contributed by atoms with Crippen molar-refractivity contribution in [2.24, 2.45) is 0 Å². The first kappa shape index (κ1) is 24.9. The lowest BCUT2D eigenvalue weighted by molar-refractivity contribution is -0.136. The second-order valence-electron chi connectivity index (χ2n) is 8.55. The fourth-order valence-electron chi connectivity index (χ4n) is 4.16. The maximum Gasteiger partial charge on any atom is 0.313 e. The quantitative estimate of drug-likeness (QED) is 0.626. The average Bonchev–Trinajstić information content (AvgIpc) is 2.75.